The molecule has 0 spiro atoms. The zero-order valence-corrected chi connectivity index (χ0v) is 20.4. The molecule has 170 valence electrons. The molecule has 7 heteroatoms. The minimum Gasteiger partial charge on any atom is -0.351 e. The van der Waals surface area contributed by atoms with E-state index in [1.54, 1.807) is 12.1 Å². The minimum atomic E-state index is -0.176. The third-order valence-electron chi connectivity index (χ3n) is 6.51. The summed E-state index contributed by atoms with van der Waals surface area (Å²) in [6, 6.07) is 12.8. The van der Waals surface area contributed by atoms with Crippen molar-refractivity contribution in [2.24, 2.45) is 16.9 Å². The normalized spacial score (nSPS) is 21.9. The molecular weight excluding hydrogens is 465 g/mol. The summed E-state index contributed by atoms with van der Waals surface area (Å²) in [5, 5.41) is 11.5. The maximum absolute atomic E-state index is 13.2. The average molecular weight is 493 g/mol. The van der Waals surface area contributed by atoms with Gasteiger partial charge in [0.2, 0.25) is 0 Å². The summed E-state index contributed by atoms with van der Waals surface area (Å²) in [7, 11) is 0. The Labute approximate surface area is 204 Å². The number of nitrogens with zero attached hydrogens (tertiary/aromatic N) is 2. The Balaban J connectivity index is 1.60. The number of carbonyl (C=O) groups is 1. The molecule has 4 nitrogen and oxygen atoms in total. The van der Waals surface area contributed by atoms with Gasteiger partial charge in [-0.15, -0.1) is 0 Å². The van der Waals surface area contributed by atoms with E-state index < -0.39 is 0 Å². The van der Waals surface area contributed by atoms with Crippen LogP contribution in [0, 0.1) is 11.8 Å². The predicted octanol–water partition coefficient (Wildman–Crippen LogP) is 7.29. The van der Waals surface area contributed by atoms with Crippen LogP contribution in [0.25, 0.3) is 0 Å². The lowest BCUT2D eigenvalue weighted by Crippen LogP contribution is -2.37. The molecule has 0 aromatic heterocycles. The van der Waals surface area contributed by atoms with Gasteiger partial charge in [-0.25, -0.2) is 0 Å². The first kappa shape index (κ1) is 23.4. The van der Waals surface area contributed by atoms with Crippen LogP contribution in [0.4, 0.5) is 5.69 Å². The van der Waals surface area contributed by atoms with Crippen molar-refractivity contribution in [3.8, 4) is 0 Å². The molecule has 1 amide bonds. The van der Waals surface area contributed by atoms with Crippen LogP contribution < -0.4 is 10.3 Å². The number of halogens is 3. The Morgan fingerprint density at radius 1 is 1.00 bits per heavy atom. The Morgan fingerprint density at radius 2 is 1.66 bits per heavy atom. The molecule has 1 fully saturated rings. The number of carbonyl (C=O) groups excluding carboxylic acids is 1. The number of rotatable bonds is 5. The van der Waals surface area contributed by atoms with Crippen LogP contribution >= 0.6 is 34.8 Å². The van der Waals surface area contributed by atoms with Gasteiger partial charge in [0.1, 0.15) is 5.71 Å². The number of hydrogen-bond acceptors (Lipinski definition) is 3. The van der Waals surface area contributed by atoms with E-state index in [4.69, 9.17) is 39.9 Å². The van der Waals surface area contributed by atoms with Gasteiger partial charge in [-0.1, -0.05) is 79.5 Å². The maximum Gasteiger partial charge on any atom is 0.267 e. The standard InChI is InChI=1S/C25H28Cl3N3O/c1-16-23(25(32)29-15-17-6-4-2-3-5-7-17)30-31(22-13-12-20(27)14-21(22)28)24(16)18-8-10-19(26)11-9-18/h8-14,16-17,24H,2-7,15H2,1H3,(H,29,32)/t16-,24+/m0/s1. The lowest BCUT2D eigenvalue weighted by Gasteiger charge is -2.27. The molecule has 32 heavy (non-hydrogen) atoms. The second kappa shape index (κ2) is 10.5. The smallest absolute Gasteiger partial charge is 0.267 e. The van der Waals surface area contributed by atoms with Crippen molar-refractivity contribution in [2.45, 2.75) is 51.5 Å². The molecule has 2 aliphatic rings. The summed E-state index contributed by atoms with van der Waals surface area (Å²) >= 11 is 18.7. The van der Waals surface area contributed by atoms with Crippen LogP contribution in [-0.4, -0.2) is 18.2 Å². The highest BCUT2D eigenvalue weighted by Gasteiger charge is 2.40. The van der Waals surface area contributed by atoms with Crippen molar-refractivity contribution in [3.05, 3.63) is 63.1 Å². The second-order valence-electron chi connectivity index (χ2n) is 8.78. The molecule has 2 aromatic carbocycles. The Kier molecular flexibility index (Phi) is 7.65. The van der Waals surface area contributed by atoms with Crippen molar-refractivity contribution >= 4 is 52.1 Å². The third kappa shape index (κ3) is 5.24. The maximum atomic E-state index is 13.2. The number of hydrogen-bond donors (Lipinski definition) is 1. The van der Waals surface area contributed by atoms with Crippen molar-refractivity contribution in [2.75, 3.05) is 11.6 Å². The van der Waals surface area contributed by atoms with E-state index in [0.717, 1.165) is 11.3 Å². The van der Waals surface area contributed by atoms with Crippen LogP contribution in [0.3, 0.4) is 0 Å². The molecule has 2 aromatic rings. The van der Waals surface area contributed by atoms with E-state index in [-0.39, 0.29) is 17.9 Å². The van der Waals surface area contributed by atoms with Gasteiger partial charge in [-0.2, -0.15) is 5.10 Å². The van der Waals surface area contributed by atoms with Crippen molar-refractivity contribution in [3.63, 3.8) is 0 Å². The lowest BCUT2D eigenvalue weighted by molar-refractivity contribution is -0.115. The molecule has 0 unspecified atom stereocenters. The third-order valence-corrected chi connectivity index (χ3v) is 7.30. The number of nitrogens with one attached hydrogen (secondary N) is 1. The summed E-state index contributed by atoms with van der Waals surface area (Å²) in [5.41, 5.74) is 2.25. The zero-order valence-electron chi connectivity index (χ0n) is 18.2. The van der Waals surface area contributed by atoms with Crippen LogP contribution in [0.5, 0.6) is 0 Å². The molecule has 0 radical (unpaired) electrons. The fourth-order valence-electron chi connectivity index (χ4n) is 4.74. The highest BCUT2D eigenvalue weighted by atomic mass is 35.5. The number of hydrazone groups is 1. The largest absolute Gasteiger partial charge is 0.351 e. The molecule has 1 heterocycles. The minimum absolute atomic E-state index is 0.103. The van der Waals surface area contributed by atoms with Crippen LogP contribution in [-0.2, 0) is 4.79 Å². The van der Waals surface area contributed by atoms with Gasteiger partial charge in [-0.05, 0) is 54.7 Å². The van der Waals surface area contributed by atoms with E-state index in [0.29, 0.717) is 33.2 Å². The Morgan fingerprint density at radius 3 is 2.31 bits per heavy atom. The Bertz CT molecular complexity index is 984. The second-order valence-corrected chi connectivity index (χ2v) is 10.1. The van der Waals surface area contributed by atoms with Gasteiger partial charge < -0.3 is 5.32 Å². The fraction of sp³-hybridized carbons (Fsp3) is 0.440. The van der Waals surface area contributed by atoms with Gasteiger partial charge in [0, 0.05) is 22.5 Å². The van der Waals surface area contributed by atoms with Gasteiger partial charge in [0.25, 0.3) is 5.91 Å². The molecule has 1 aliphatic carbocycles. The summed E-state index contributed by atoms with van der Waals surface area (Å²) in [6.07, 6.45) is 7.46. The zero-order chi connectivity index (χ0) is 22.7. The highest BCUT2D eigenvalue weighted by Crippen LogP contribution is 2.42. The van der Waals surface area contributed by atoms with E-state index >= 15 is 0 Å². The molecule has 1 N–H and O–H groups in total. The summed E-state index contributed by atoms with van der Waals surface area (Å²) < 4.78 is 0. The van der Waals surface area contributed by atoms with E-state index in [9.17, 15) is 4.79 Å². The van der Waals surface area contributed by atoms with Gasteiger partial charge >= 0.3 is 0 Å². The van der Waals surface area contributed by atoms with E-state index in [1.807, 2.05) is 42.3 Å². The average Bonchev–Trinajstić information content (AvgIpc) is 2.93. The van der Waals surface area contributed by atoms with Crippen molar-refractivity contribution < 1.29 is 4.79 Å². The van der Waals surface area contributed by atoms with E-state index in [2.05, 4.69) is 5.32 Å². The molecule has 2 atom stereocenters. The molecule has 1 aliphatic heterocycles. The predicted molar refractivity (Wildman–Crippen MR) is 134 cm³/mol. The van der Waals surface area contributed by atoms with E-state index in [1.165, 1.54) is 38.5 Å². The summed E-state index contributed by atoms with van der Waals surface area (Å²) in [4.78, 5) is 13.2. The molecular formula is C25H28Cl3N3O. The fourth-order valence-corrected chi connectivity index (χ4v) is 5.36. The van der Waals surface area contributed by atoms with Crippen LogP contribution in [0.1, 0.15) is 57.1 Å². The number of benzene rings is 2. The highest BCUT2D eigenvalue weighted by molar-refractivity contribution is 6.41. The molecule has 0 saturated heterocycles. The summed E-state index contributed by atoms with van der Waals surface area (Å²) in [6.45, 7) is 2.74. The monoisotopic (exact) mass is 491 g/mol. The van der Waals surface area contributed by atoms with Crippen LogP contribution in [0.15, 0.2) is 47.6 Å². The molecule has 4 rings (SSSR count). The SMILES string of the molecule is C[C@H]1C(C(=O)NCC2CCCCCC2)=NN(c2ccc(Cl)cc2Cl)[C@H]1c1ccc(Cl)cc1. The number of amides is 1. The van der Waals surface area contributed by atoms with Crippen molar-refractivity contribution in [1.29, 1.82) is 0 Å². The van der Waals surface area contributed by atoms with Gasteiger partial charge in [0.15, 0.2) is 0 Å². The molecule has 0 bridgehead atoms. The quantitative estimate of drug-likeness (QED) is 0.445. The topological polar surface area (TPSA) is 44.7 Å². The van der Waals surface area contributed by atoms with Gasteiger partial charge in [-0.3, -0.25) is 9.80 Å². The first-order valence-corrected chi connectivity index (χ1v) is 12.4. The first-order chi connectivity index (χ1) is 15.4. The Hall–Kier alpha value is -1.75. The van der Waals surface area contributed by atoms with Crippen molar-refractivity contribution in [1.82, 2.24) is 5.32 Å². The van der Waals surface area contributed by atoms with Crippen LogP contribution in [0.2, 0.25) is 15.1 Å². The lowest BCUT2D eigenvalue weighted by atomic mass is 9.90. The first-order valence-electron chi connectivity index (χ1n) is 11.3. The summed E-state index contributed by atoms with van der Waals surface area (Å²) in [5.74, 6) is 0.318. The number of anilines is 1. The molecule has 1 saturated carbocycles. The van der Waals surface area contributed by atoms with Gasteiger partial charge in [0.05, 0.1) is 16.8 Å².